The Bertz CT molecular complexity index is 6740. The molecule has 2 amide bonds. The highest BCUT2D eigenvalue weighted by molar-refractivity contribution is 7.24. The van der Waals surface area contributed by atoms with Crippen molar-refractivity contribution in [3.05, 3.63) is 334 Å². The van der Waals surface area contributed by atoms with Crippen LogP contribution in [0.5, 0.6) is 0 Å². The number of aliphatic imine (C=N–C) groups is 2. The van der Waals surface area contributed by atoms with E-state index in [1.807, 2.05) is 102 Å². The molecule has 2 aliphatic carbocycles. The molecule has 23 nitrogen and oxygen atoms in total. The molecule has 10 aromatic carbocycles. The number of amides is 2. The molecule has 3 heterocycles. The summed E-state index contributed by atoms with van der Waals surface area (Å²) < 4.78 is 12.3. The zero-order valence-corrected chi connectivity index (χ0v) is 78.7. The maximum absolute atomic E-state index is 13.2. The third kappa shape index (κ3) is 23.2. The molecule has 0 saturated heterocycles. The molecule has 132 heavy (non-hydrogen) atoms. The molecule has 15 rings (SSSR count). The third-order valence-corrected chi connectivity index (χ3v) is 23.9. The molecule has 3 atom stereocenters. The highest BCUT2D eigenvalue weighted by atomic mass is 32.1. The first-order valence-electron chi connectivity index (χ1n) is 43.9. The van der Waals surface area contributed by atoms with E-state index in [2.05, 4.69) is 108 Å². The number of para-hydroxylation sites is 1. The summed E-state index contributed by atoms with van der Waals surface area (Å²) in [6.07, 6.45) is 5.06. The number of guanidine groups is 2. The van der Waals surface area contributed by atoms with Gasteiger partial charge in [-0.05, 0) is 260 Å². The van der Waals surface area contributed by atoms with Gasteiger partial charge in [0.2, 0.25) is 5.43 Å². The Labute approximate surface area is 772 Å². The number of rotatable bonds is 17. The third-order valence-electron chi connectivity index (χ3n) is 22.7. The van der Waals surface area contributed by atoms with Crippen molar-refractivity contribution < 1.29 is 77.1 Å². The molecule has 0 bridgehead atoms. The van der Waals surface area contributed by atoms with E-state index in [4.69, 9.17) is 14.4 Å². The summed E-state index contributed by atoms with van der Waals surface area (Å²) in [5, 5.41) is 52.7. The number of hydrogen-bond acceptors (Lipinski definition) is 17. The smallest absolute Gasteiger partial charge is 0.388 e. The average molecular weight is 1800 g/mol. The Morgan fingerprint density at radius 2 is 1.00 bits per heavy atom. The highest BCUT2D eigenvalue weighted by Crippen LogP contribution is 2.38. The van der Waals surface area contributed by atoms with Crippen LogP contribution >= 0.6 is 11.3 Å². The van der Waals surface area contributed by atoms with Crippen LogP contribution in [0.3, 0.4) is 0 Å². The first-order chi connectivity index (χ1) is 62.6. The molecular weight excluding hydrogens is 1680 g/mol. The fourth-order valence-electron chi connectivity index (χ4n) is 16.2. The predicted molar refractivity (Wildman–Crippen MR) is 514 cm³/mol. The number of carbonyl (C=O) groups is 9. The lowest BCUT2D eigenvalue weighted by atomic mass is 9.82. The quantitative estimate of drug-likeness (QED) is 0.0213. The SMILES string of the molecule is C/C=C1\CCCc2c(C)ccc(C(=O)[O-])c21.CC(C(=O)[O-])c1ccc2oc3ccccc3c(=O)c2c1.CC(C(=O)[O-])c1cccc(C(=O)c2ccccc2)c1.CC(C)=NC(NC(C)C)=[N+](C(C)C)C(C)(C)c1ccc2c(=O)c3ccccc3sc2c1.CC(C)=NC(NC(C)C)=[N+](C(C)C)C(C)c1ccc2c(c1)C(=O)c1ccccc1C2=O.O=C([O-])CN1C(=O)c2ccccc2C1=O. The van der Waals surface area contributed by atoms with Crippen LogP contribution in [0.1, 0.15) is 273 Å². The Hall–Kier alpha value is -14.4. The molecule has 0 saturated carbocycles. The van der Waals surface area contributed by atoms with Crippen LogP contribution in [-0.4, -0.2) is 121 Å². The lowest BCUT2D eigenvalue weighted by Crippen LogP contribution is -2.47. The van der Waals surface area contributed by atoms with Crippen LogP contribution in [0.2, 0.25) is 0 Å². The number of aliphatic carboxylic acids is 3. The van der Waals surface area contributed by atoms with Crippen LogP contribution < -0.4 is 41.9 Å². The van der Waals surface area contributed by atoms with E-state index in [1.54, 1.807) is 158 Å². The summed E-state index contributed by atoms with van der Waals surface area (Å²) in [7, 11) is 0. The van der Waals surface area contributed by atoms with E-state index in [1.165, 1.54) is 30.2 Å². The number of carboxylic acid groups (broad SMARTS) is 4. The van der Waals surface area contributed by atoms with Gasteiger partial charge >= 0.3 is 11.9 Å². The fraction of sp³-hybridized carbons (Fsp3) is 0.287. The Kier molecular flexibility index (Phi) is 33.1. The van der Waals surface area contributed by atoms with Crippen molar-refractivity contribution in [2.75, 3.05) is 6.54 Å². The standard InChI is InChI=1S/C26H31N3O2.C26H33N3OS.C16H12O4.C16H14O3.C14H16O2.C10H7NO4/c1-15(2)27-26(28-16(3)4)29(17(5)6)18(7)19-12-13-22-23(14-19)25(31)21-11-9-8-10-20(21)24(22)30;1-16(2)27-25(28-17(3)4)29(18(5)6)26(7,8)19-13-14-21-23(15-19)31-22-12-10-9-11-20(22)24(21)30;1-9(16(18)19)10-6-7-14-12(8-10)15(17)11-4-2-3-5-13(11)20-14;1-11(16(18)19)13-8-5-9-14(10-13)15(17)12-6-3-2-4-7-12;1-3-10-5-4-6-11-9(2)7-8-12(13(10)11)14(15)16;12-8(13)5-11-9(14)6-3-1-2-4-7(6)10(11)15/h8-15,17-18H,1-7H3;9-16,18H,1-8H3;2-9H,1H3,(H,18,19);2-11H,1H3,(H,18,19);3,7-8H,4-6H2,1-2H3,(H,15,16);1-4H,5H2,(H,12,13)/p-2/b;;;;10-3+;. The van der Waals surface area contributed by atoms with E-state index in [-0.39, 0.29) is 75.1 Å². The number of ketones is 3. The molecule has 12 aromatic rings. The molecule has 2 aromatic heterocycles. The fourth-order valence-corrected chi connectivity index (χ4v) is 17.3. The summed E-state index contributed by atoms with van der Waals surface area (Å²) in [4.78, 5) is 140. The van der Waals surface area contributed by atoms with Crippen molar-refractivity contribution in [1.82, 2.24) is 15.5 Å². The van der Waals surface area contributed by atoms with Gasteiger partial charge in [-0.3, -0.25) is 58.2 Å². The summed E-state index contributed by atoms with van der Waals surface area (Å²) >= 11 is 1.68. The zero-order valence-electron chi connectivity index (χ0n) is 77.9. The van der Waals surface area contributed by atoms with Gasteiger partial charge in [0.25, 0.3) is 11.8 Å². The number of hydrogen-bond donors (Lipinski definition) is 2. The van der Waals surface area contributed by atoms with Crippen LogP contribution in [0.25, 0.3) is 47.7 Å². The van der Waals surface area contributed by atoms with Crippen molar-refractivity contribution >= 4 is 135 Å². The topological polar surface area (TPSA) is 351 Å². The van der Waals surface area contributed by atoms with Gasteiger partial charge in [0.15, 0.2) is 22.8 Å². The lowest BCUT2D eigenvalue weighted by molar-refractivity contribution is -0.638. The minimum Gasteiger partial charge on any atom is -0.550 e. The van der Waals surface area contributed by atoms with E-state index >= 15 is 0 Å². The Balaban J connectivity index is 0.000000168. The minimum absolute atomic E-state index is 0.0466. The van der Waals surface area contributed by atoms with Crippen molar-refractivity contribution in [3.8, 4) is 0 Å². The van der Waals surface area contributed by atoms with E-state index < -0.39 is 54.1 Å². The number of carbonyl (C=O) groups excluding carboxylic acids is 9. The largest absolute Gasteiger partial charge is 0.550 e. The normalized spacial score (nSPS) is 13.9. The predicted octanol–water partition coefficient (Wildman–Crippen LogP) is 15.4. The van der Waals surface area contributed by atoms with Gasteiger partial charge in [-0.25, -0.2) is 0 Å². The maximum atomic E-state index is 13.2. The number of aromatic carboxylic acids is 1. The molecule has 2 N–H and O–H groups in total. The Morgan fingerprint density at radius 3 is 1.57 bits per heavy atom. The second kappa shape index (κ2) is 43.8. The van der Waals surface area contributed by atoms with E-state index in [9.17, 15) is 73.2 Å². The molecular formula is C108H111N7O16S-2. The van der Waals surface area contributed by atoms with Gasteiger partial charge in [0, 0.05) is 82.9 Å². The lowest BCUT2D eigenvalue weighted by Gasteiger charge is -2.32. The average Bonchev–Trinajstić information content (AvgIpc) is 1.24. The zero-order chi connectivity index (χ0) is 96.6. The van der Waals surface area contributed by atoms with Crippen molar-refractivity contribution in [1.29, 1.82) is 0 Å². The molecule has 682 valence electrons. The molecule has 0 radical (unpaired) electrons. The Morgan fingerprint density at radius 1 is 0.492 bits per heavy atom. The van der Waals surface area contributed by atoms with Crippen LogP contribution in [0.4, 0.5) is 0 Å². The van der Waals surface area contributed by atoms with Gasteiger partial charge in [-0.15, -0.1) is 11.3 Å². The number of carboxylic acids is 4. The summed E-state index contributed by atoms with van der Waals surface area (Å²) in [6.45, 7) is 38.0. The summed E-state index contributed by atoms with van der Waals surface area (Å²) in [5.41, 5.74) is 14.0. The molecule has 0 fully saturated rings. The summed E-state index contributed by atoms with van der Waals surface area (Å²) in [6, 6.07) is 64.7. The molecule has 3 aliphatic rings. The number of nitrogens with one attached hydrogen (secondary N) is 2. The van der Waals surface area contributed by atoms with Crippen LogP contribution in [0, 0.1) is 6.92 Å². The second-order valence-electron chi connectivity index (χ2n) is 34.6. The molecule has 3 unspecified atom stereocenters. The number of nitrogens with zero attached hydrogens (tertiary/aromatic N) is 5. The number of imide groups is 1. The van der Waals surface area contributed by atoms with E-state index in [0.29, 0.717) is 76.9 Å². The van der Waals surface area contributed by atoms with Crippen molar-refractivity contribution in [2.24, 2.45) is 9.98 Å². The first-order valence-corrected chi connectivity index (χ1v) is 44.8. The summed E-state index contributed by atoms with van der Waals surface area (Å²) in [5.74, 6) is -6.14. The number of benzene rings is 10. The molecule has 1 aliphatic heterocycles. The van der Waals surface area contributed by atoms with Gasteiger partial charge in [-0.1, -0.05) is 169 Å². The maximum Gasteiger partial charge on any atom is 0.388 e. The van der Waals surface area contributed by atoms with Gasteiger partial charge in [0.1, 0.15) is 22.7 Å². The van der Waals surface area contributed by atoms with Gasteiger partial charge in [0.05, 0.1) is 76.0 Å². The van der Waals surface area contributed by atoms with Gasteiger partial charge in [-0.2, -0.15) is 0 Å². The van der Waals surface area contributed by atoms with Crippen LogP contribution in [-0.2, 0) is 26.3 Å². The van der Waals surface area contributed by atoms with Crippen LogP contribution in [0.15, 0.2) is 248 Å². The van der Waals surface area contributed by atoms with E-state index in [0.717, 1.165) is 85.0 Å². The van der Waals surface area contributed by atoms with Crippen molar-refractivity contribution in [3.63, 3.8) is 0 Å². The number of aryl methyl sites for hydroxylation is 1. The minimum atomic E-state index is -1.45. The highest BCUT2D eigenvalue weighted by Gasteiger charge is 2.38. The van der Waals surface area contributed by atoms with Crippen molar-refractivity contribution in [2.45, 2.75) is 198 Å². The van der Waals surface area contributed by atoms with Gasteiger partial charge < -0.3 is 44.0 Å². The monoisotopic (exact) mass is 1790 g/mol. The first kappa shape index (κ1) is 99.8. The second-order valence-corrected chi connectivity index (χ2v) is 35.7. The molecule has 0 spiro atoms. The molecule has 24 heteroatoms. The number of allylic oxidation sites excluding steroid dienone is 2. The number of fused-ring (bicyclic) bond motifs is 8.